The summed E-state index contributed by atoms with van der Waals surface area (Å²) in [6, 6.07) is 3.24. The number of amides is 2. The third-order valence-electron chi connectivity index (χ3n) is 4.84. The van der Waals surface area contributed by atoms with Crippen molar-refractivity contribution in [3.8, 4) is 0 Å². The van der Waals surface area contributed by atoms with E-state index < -0.39 is 22.7 Å². The molecule has 1 saturated carbocycles. The molecule has 1 aliphatic carbocycles. The lowest BCUT2D eigenvalue weighted by Crippen LogP contribution is -2.53. The minimum absolute atomic E-state index is 0.127. The van der Waals surface area contributed by atoms with Crippen LogP contribution in [0.25, 0.3) is 0 Å². The molecule has 1 aromatic rings. The average molecular weight is 375 g/mol. The number of halogens is 4. The zero-order valence-electron chi connectivity index (χ0n) is 13.5. The first-order valence-electron chi connectivity index (χ1n) is 8.20. The molecule has 2 aliphatic rings. The summed E-state index contributed by atoms with van der Waals surface area (Å²) in [6.45, 7) is 1.27. The van der Waals surface area contributed by atoms with Crippen LogP contribution in [0.1, 0.15) is 35.2 Å². The Morgan fingerprint density at radius 3 is 2.52 bits per heavy atom. The van der Waals surface area contributed by atoms with E-state index in [0.29, 0.717) is 25.6 Å². The number of alkyl halides is 3. The number of piperazine rings is 1. The molecule has 2 amide bonds. The number of hydrogen-bond donors (Lipinski definition) is 0. The molecule has 0 N–H and O–H groups in total. The lowest BCUT2D eigenvalue weighted by atomic mass is 9.85. The van der Waals surface area contributed by atoms with E-state index in [-0.39, 0.29) is 18.0 Å². The van der Waals surface area contributed by atoms with Crippen LogP contribution in [-0.4, -0.2) is 47.8 Å². The molecule has 136 valence electrons. The summed E-state index contributed by atoms with van der Waals surface area (Å²) in [4.78, 5) is 27.8. The first-order valence-corrected chi connectivity index (χ1v) is 8.58. The molecule has 1 aromatic carbocycles. The van der Waals surface area contributed by atoms with Crippen LogP contribution in [0.5, 0.6) is 0 Å². The zero-order chi connectivity index (χ0) is 18.2. The zero-order valence-corrected chi connectivity index (χ0v) is 14.2. The summed E-state index contributed by atoms with van der Waals surface area (Å²) in [6.07, 6.45) is -1.21. The van der Waals surface area contributed by atoms with Gasteiger partial charge >= 0.3 is 6.18 Å². The highest BCUT2D eigenvalue weighted by Crippen LogP contribution is 2.36. The first kappa shape index (κ1) is 18.0. The first-order chi connectivity index (χ1) is 11.8. The van der Waals surface area contributed by atoms with Crippen LogP contribution in [0.2, 0.25) is 5.02 Å². The van der Waals surface area contributed by atoms with E-state index in [0.717, 1.165) is 25.0 Å². The Morgan fingerprint density at radius 2 is 1.96 bits per heavy atom. The van der Waals surface area contributed by atoms with Crippen LogP contribution in [0, 0.1) is 5.92 Å². The Bertz CT molecular complexity index is 689. The molecule has 1 aliphatic heterocycles. The molecule has 1 saturated heterocycles. The van der Waals surface area contributed by atoms with Gasteiger partial charge in [0.25, 0.3) is 5.91 Å². The molecule has 0 unspecified atom stereocenters. The Labute approximate surface area is 148 Å². The number of carbonyl (C=O) groups is 2. The van der Waals surface area contributed by atoms with Crippen LogP contribution in [-0.2, 0) is 11.0 Å². The SMILES string of the molecule is O=C1CN(C(=O)c2cccc(C(F)(F)F)c2Cl)CCN1CC1CCC1. The Hall–Kier alpha value is -1.76. The van der Waals surface area contributed by atoms with Crippen molar-refractivity contribution in [1.29, 1.82) is 0 Å². The molecule has 0 radical (unpaired) electrons. The summed E-state index contributed by atoms with van der Waals surface area (Å²) in [5, 5.41) is -0.621. The van der Waals surface area contributed by atoms with E-state index in [1.54, 1.807) is 4.90 Å². The summed E-state index contributed by atoms with van der Waals surface area (Å²) < 4.78 is 38.8. The number of hydrogen-bond acceptors (Lipinski definition) is 2. The summed E-state index contributed by atoms with van der Waals surface area (Å²) >= 11 is 5.80. The smallest absolute Gasteiger partial charge is 0.339 e. The molecule has 3 rings (SSSR count). The van der Waals surface area contributed by atoms with Crippen molar-refractivity contribution in [1.82, 2.24) is 9.80 Å². The second-order valence-electron chi connectivity index (χ2n) is 6.53. The van der Waals surface area contributed by atoms with Gasteiger partial charge in [0, 0.05) is 19.6 Å². The Kier molecular flexibility index (Phi) is 4.95. The number of benzene rings is 1. The standard InChI is InChI=1S/C17H18ClF3N2O2/c18-15-12(5-2-6-13(15)17(19,20)21)16(25)23-8-7-22(14(24)10-23)9-11-3-1-4-11/h2,5-6,11H,1,3-4,7-10H2. The maximum atomic E-state index is 12.9. The minimum atomic E-state index is -4.63. The molecule has 4 nitrogen and oxygen atoms in total. The molecule has 2 fully saturated rings. The predicted molar refractivity (Wildman–Crippen MR) is 86.3 cm³/mol. The Balaban J connectivity index is 1.71. The van der Waals surface area contributed by atoms with Gasteiger partial charge in [-0.15, -0.1) is 0 Å². The van der Waals surface area contributed by atoms with Crippen LogP contribution < -0.4 is 0 Å². The fourth-order valence-electron chi connectivity index (χ4n) is 3.15. The summed E-state index contributed by atoms with van der Waals surface area (Å²) in [5.41, 5.74) is -1.27. The van der Waals surface area contributed by atoms with Gasteiger partial charge in [0.1, 0.15) is 6.54 Å². The van der Waals surface area contributed by atoms with E-state index in [1.165, 1.54) is 17.4 Å². The molecular weight excluding hydrogens is 357 g/mol. The monoisotopic (exact) mass is 374 g/mol. The lowest BCUT2D eigenvalue weighted by molar-refractivity contribution is -0.138. The van der Waals surface area contributed by atoms with Crippen molar-refractivity contribution < 1.29 is 22.8 Å². The number of nitrogens with zero attached hydrogens (tertiary/aromatic N) is 2. The third kappa shape index (κ3) is 3.76. The van der Waals surface area contributed by atoms with Crippen molar-refractivity contribution in [2.24, 2.45) is 5.92 Å². The van der Waals surface area contributed by atoms with Crippen molar-refractivity contribution in [2.45, 2.75) is 25.4 Å². The van der Waals surface area contributed by atoms with Crippen molar-refractivity contribution in [2.75, 3.05) is 26.2 Å². The second kappa shape index (κ2) is 6.86. The highest BCUT2D eigenvalue weighted by Gasteiger charge is 2.36. The molecule has 0 aromatic heterocycles. The predicted octanol–water partition coefficient (Wildman–Crippen LogP) is 3.44. The van der Waals surface area contributed by atoms with E-state index in [1.807, 2.05) is 0 Å². The van der Waals surface area contributed by atoms with Gasteiger partial charge in [0.15, 0.2) is 0 Å². The second-order valence-corrected chi connectivity index (χ2v) is 6.91. The van der Waals surface area contributed by atoms with Crippen molar-refractivity contribution in [3.63, 3.8) is 0 Å². The minimum Gasteiger partial charge on any atom is -0.339 e. The van der Waals surface area contributed by atoms with E-state index in [4.69, 9.17) is 11.6 Å². The fourth-order valence-corrected chi connectivity index (χ4v) is 3.46. The van der Waals surface area contributed by atoms with Gasteiger partial charge in [-0.2, -0.15) is 13.2 Å². The molecule has 25 heavy (non-hydrogen) atoms. The normalized spacial score (nSPS) is 19.1. The van der Waals surface area contributed by atoms with Gasteiger partial charge in [-0.25, -0.2) is 0 Å². The molecule has 8 heteroatoms. The Morgan fingerprint density at radius 1 is 1.24 bits per heavy atom. The van der Waals surface area contributed by atoms with Crippen LogP contribution in [0.15, 0.2) is 18.2 Å². The maximum absolute atomic E-state index is 12.9. The lowest BCUT2D eigenvalue weighted by Gasteiger charge is -2.38. The summed E-state index contributed by atoms with van der Waals surface area (Å²) in [5.74, 6) is -0.286. The topological polar surface area (TPSA) is 40.6 Å². The van der Waals surface area contributed by atoms with Gasteiger partial charge in [0.05, 0.1) is 16.1 Å². The van der Waals surface area contributed by atoms with Crippen LogP contribution >= 0.6 is 11.6 Å². The van der Waals surface area contributed by atoms with Crippen molar-refractivity contribution in [3.05, 3.63) is 34.3 Å². The molecule has 0 spiro atoms. The molecular formula is C17H18ClF3N2O2. The fraction of sp³-hybridized carbons (Fsp3) is 0.529. The van der Waals surface area contributed by atoms with Gasteiger partial charge < -0.3 is 9.80 Å². The summed E-state index contributed by atoms with van der Waals surface area (Å²) in [7, 11) is 0. The number of rotatable bonds is 3. The van der Waals surface area contributed by atoms with E-state index in [9.17, 15) is 22.8 Å². The largest absolute Gasteiger partial charge is 0.417 e. The van der Waals surface area contributed by atoms with Gasteiger partial charge in [-0.05, 0) is 30.9 Å². The van der Waals surface area contributed by atoms with E-state index >= 15 is 0 Å². The highest BCUT2D eigenvalue weighted by atomic mass is 35.5. The van der Waals surface area contributed by atoms with Gasteiger partial charge in [-0.3, -0.25) is 9.59 Å². The highest BCUT2D eigenvalue weighted by molar-refractivity contribution is 6.34. The van der Waals surface area contributed by atoms with Crippen LogP contribution in [0.4, 0.5) is 13.2 Å². The molecule has 1 heterocycles. The number of carbonyl (C=O) groups excluding carboxylic acids is 2. The van der Waals surface area contributed by atoms with Gasteiger partial charge in [-0.1, -0.05) is 24.1 Å². The van der Waals surface area contributed by atoms with Crippen molar-refractivity contribution >= 4 is 23.4 Å². The molecule has 0 bridgehead atoms. The molecule has 0 atom stereocenters. The average Bonchev–Trinajstić information content (AvgIpc) is 2.50. The van der Waals surface area contributed by atoms with E-state index in [2.05, 4.69) is 0 Å². The third-order valence-corrected chi connectivity index (χ3v) is 5.25. The van der Waals surface area contributed by atoms with Crippen LogP contribution in [0.3, 0.4) is 0 Å². The maximum Gasteiger partial charge on any atom is 0.417 e. The van der Waals surface area contributed by atoms with Gasteiger partial charge in [0.2, 0.25) is 5.91 Å². The quantitative estimate of drug-likeness (QED) is 0.813.